The van der Waals surface area contributed by atoms with Crippen molar-refractivity contribution in [3.8, 4) is 0 Å². The van der Waals surface area contributed by atoms with Crippen LogP contribution in [0.25, 0.3) is 0 Å². The number of benzene rings is 2. The first-order valence-electron chi connectivity index (χ1n) is 12.1. The minimum Gasteiger partial charge on any atom is -0.481 e. The van der Waals surface area contributed by atoms with E-state index in [1.165, 1.54) is 4.31 Å². The molecule has 1 aliphatic carbocycles. The molecule has 1 aliphatic rings. The summed E-state index contributed by atoms with van der Waals surface area (Å²) in [6, 6.07) is 15.9. The molecule has 2 aromatic rings. The molecule has 36 heavy (non-hydrogen) atoms. The van der Waals surface area contributed by atoms with Gasteiger partial charge in [0.2, 0.25) is 0 Å². The Bertz CT molecular complexity index is 1320. The number of carboxylic acids is 1. The highest BCUT2D eigenvalue weighted by Gasteiger charge is 2.32. The monoisotopic (exact) mass is 508 g/mol. The van der Waals surface area contributed by atoms with Crippen molar-refractivity contribution in [2.75, 3.05) is 11.4 Å². The smallest absolute Gasteiger partial charge is 0.303 e. The Hall–Kier alpha value is -3.19. The summed E-state index contributed by atoms with van der Waals surface area (Å²) in [7, 11) is -2.31. The largest absolute Gasteiger partial charge is 0.481 e. The summed E-state index contributed by atoms with van der Waals surface area (Å²) in [5.41, 5.74) is 5.36. The maximum Gasteiger partial charge on any atom is 0.303 e. The second kappa shape index (κ2) is 10.8. The minimum atomic E-state index is -3.85. The van der Waals surface area contributed by atoms with E-state index in [-0.39, 0.29) is 16.7 Å². The molecule has 0 heterocycles. The third-order valence-corrected chi connectivity index (χ3v) is 8.64. The molecule has 192 valence electrons. The van der Waals surface area contributed by atoms with E-state index in [9.17, 15) is 18.3 Å². The van der Waals surface area contributed by atoms with E-state index < -0.39 is 16.0 Å². The zero-order chi connectivity index (χ0) is 26.7. The van der Waals surface area contributed by atoms with Crippen LogP contribution in [0.1, 0.15) is 58.9 Å². The second-order valence-electron chi connectivity index (χ2n) is 10.4. The fourth-order valence-electron chi connectivity index (χ4n) is 5.05. The number of hydrogen-bond donors (Lipinski definition) is 2. The van der Waals surface area contributed by atoms with Crippen molar-refractivity contribution < 1.29 is 18.3 Å². The SMILES string of the molecule is CC1=C(/C(Cc2ccccc2S(=O)(=O)N(C)c2ccccc2)=C(/C)CCC(=O)O)C(=N)CC(C)(C)C1. The van der Waals surface area contributed by atoms with Crippen LogP contribution in [0.5, 0.6) is 0 Å². The van der Waals surface area contributed by atoms with E-state index in [0.29, 0.717) is 36.2 Å². The topological polar surface area (TPSA) is 98.5 Å². The van der Waals surface area contributed by atoms with Gasteiger partial charge in [-0.2, -0.15) is 0 Å². The number of carbonyl (C=O) groups is 1. The van der Waals surface area contributed by atoms with Crippen LogP contribution in [-0.4, -0.2) is 32.3 Å². The third kappa shape index (κ3) is 6.13. The highest BCUT2D eigenvalue weighted by molar-refractivity contribution is 7.92. The summed E-state index contributed by atoms with van der Waals surface area (Å²) in [6.07, 6.45) is 2.08. The summed E-state index contributed by atoms with van der Waals surface area (Å²) >= 11 is 0. The van der Waals surface area contributed by atoms with Crippen molar-refractivity contribution in [3.63, 3.8) is 0 Å². The number of nitrogens with zero attached hydrogens (tertiary/aromatic N) is 1. The van der Waals surface area contributed by atoms with Gasteiger partial charge in [-0.05, 0) is 79.9 Å². The molecule has 2 N–H and O–H groups in total. The van der Waals surface area contributed by atoms with Gasteiger partial charge in [0, 0.05) is 19.2 Å². The summed E-state index contributed by atoms with van der Waals surface area (Å²) in [6.45, 7) is 8.22. The van der Waals surface area contributed by atoms with Crippen LogP contribution in [0.2, 0.25) is 0 Å². The average molecular weight is 509 g/mol. The highest BCUT2D eigenvalue weighted by atomic mass is 32.2. The Morgan fingerprint density at radius 2 is 1.64 bits per heavy atom. The van der Waals surface area contributed by atoms with Gasteiger partial charge in [0.15, 0.2) is 0 Å². The van der Waals surface area contributed by atoms with Crippen LogP contribution in [0.3, 0.4) is 0 Å². The predicted molar refractivity (Wildman–Crippen MR) is 145 cm³/mol. The minimum absolute atomic E-state index is 0.0167. The van der Waals surface area contributed by atoms with E-state index in [1.54, 1.807) is 43.4 Å². The lowest BCUT2D eigenvalue weighted by Crippen LogP contribution is -2.28. The number of allylic oxidation sites excluding steroid dienone is 4. The molecule has 0 spiro atoms. The van der Waals surface area contributed by atoms with Crippen LogP contribution in [-0.2, 0) is 21.2 Å². The zero-order valence-electron chi connectivity index (χ0n) is 21.8. The molecule has 0 atom stereocenters. The molecule has 6 nitrogen and oxygen atoms in total. The lowest BCUT2D eigenvalue weighted by Gasteiger charge is -2.34. The van der Waals surface area contributed by atoms with Crippen molar-refractivity contribution in [3.05, 3.63) is 82.5 Å². The second-order valence-corrected chi connectivity index (χ2v) is 12.3. The van der Waals surface area contributed by atoms with Crippen LogP contribution in [0.4, 0.5) is 5.69 Å². The van der Waals surface area contributed by atoms with Gasteiger partial charge in [-0.3, -0.25) is 9.10 Å². The Balaban J connectivity index is 2.11. The van der Waals surface area contributed by atoms with Gasteiger partial charge in [0.05, 0.1) is 10.6 Å². The normalized spacial score (nSPS) is 16.5. The van der Waals surface area contributed by atoms with E-state index >= 15 is 0 Å². The van der Waals surface area contributed by atoms with Crippen molar-refractivity contribution in [1.29, 1.82) is 5.41 Å². The lowest BCUT2D eigenvalue weighted by atomic mass is 9.71. The molecule has 0 fully saturated rings. The molecule has 0 saturated carbocycles. The van der Waals surface area contributed by atoms with Crippen molar-refractivity contribution in [2.24, 2.45) is 5.41 Å². The Morgan fingerprint density at radius 3 is 2.25 bits per heavy atom. The molecule has 0 aromatic heterocycles. The first kappa shape index (κ1) is 27.4. The maximum absolute atomic E-state index is 13.7. The van der Waals surface area contributed by atoms with E-state index in [1.807, 2.05) is 32.0 Å². The van der Waals surface area contributed by atoms with Gasteiger partial charge in [0.1, 0.15) is 0 Å². The summed E-state index contributed by atoms with van der Waals surface area (Å²) in [4.78, 5) is 11.5. The first-order chi connectivity index (χ1) is 16.8. The molecule has 3 rings (SSSR count). The van der Waals surface area contributed by atoms with Crippen LogP contribution in [0.15, 0.2) is 81.8 Å². The van der Waals surface area contributed by atoms with Crippen molar-refractivity contribution >= 4 is 27.4 Å². The molecule has 0 unspecified atom stereocenters. The summed E-state index contributed by atoms with van der Waals surface area (Å²) in [5, 5.41) is 18.1. The van der Waals surface area contributed by atoms with Gasteiger partial charge in [-0.1, -0.05) is 61.4 Å². The third-order valence-electron chi connectivity index (χ3n) is 6.76. The molecule has 0 bridgehead atoms. The number of rotatable bonds is 9. The van der Waals surface area contributed by atoms with E-state index in [2.05, 4.69) is 13.8 Å². The molecular weight excluding hydrogens is 472 g/mol. The predicted octanol–water partition coefficient (Wildman–Crippen LogP) is 6.39. The number of aliphatic carboxylic acids is 1. The fraction of sp³-hybridized carbons (Fsp3) is 0.379. The number of carboxylic acid groups (broad SMARTS) is 1. The van der Waals surface area contributed by atoms with E-state index in [0.717, 1.165) is 28.7 Å². The Kier molecular flexibility index (Phi) is 8.24. The quantitative estimate of drug-likeness (QED) is 0.410. The molecule has 0 aliphatic heterocycles. The lowest BCUT2D eigenvalue weighted by molar-refractivity contribution is -0.136. The zero-order valence-corrected chi connectivity index (χ0v) is 22.6. The highest BCUT2D eigenvalue weighted by Crippen LogP contribution is 2.41. The Morgan fingerprint density at radius 1 is 1.03 bits per heavy atom. The number of anilines is 1. The number of nitrogens with one attached hydrogen (secondary N) is 1. The summed E-state index contributed by atoms with van der Waals surface area (Å²) in [5.74, 6) is -0.883. The number of para-hydroxylation sites is 1. The standard InChI is InChI=1S/C29H36N2O4S/c1-20(15-16-27(32)33)24(28-21(2)18-29(3,4)19-25(28)30)17-22-11-9-10-14-26(22)36(34,35)31(5)23-12-7-6-8-13-23/h6-14,30H,15-19H2,1-5H3,(H,32,33)/b24-20-,30-25?. The van der Waals surface area contributed by atoms with Crippen LogP contribution < -0.4 is 4.31 Å². The van der Waals surface area contributed by atoms with Gasteiger partial charge in [0.25, 0.3) is 10.0 Å². The molecular formula is C29H36N2O4S. The van der Waals surface area contributed by atoms with Crippen LogP contribution in [0, 0.1) is 10.8 Å². The molecule has 0 amide bonds. The van der Waals surface area contributed by atoms with Crippen LogP contribution >= 0.6 is 0 Å². The maximum atomic E-state index is 13.7. The molecule has 0 radical (unpaired) electrons. The number of sulfonamides is 1. The average Bonchev–Trinajstić information content (AvgIpc) is 2.81. The Labute approximate surface area is 214 Å². The van der Waals surface area contributed by atoms with Crippen molar-refractivity contribution in [1.82, 2.24) is 0 Å². The van der Waals surface area contributed by atoms with Gasteiger partial charge in [-0.25, -0.2) is 8.42 Å². The number of hydrogen-bond acceptors (Lipinski definition) is 4. The van der Waals surface area contributed by atoms with Crippen molar-refractivity contribution in [2.45, 2.75) is 64.7 Å². The first-order valence-corrected chi connectivity index (χ1v) is 13.6. The molecule has 2 aromatic carbocycles. The van der Waals surface area contributed by atoms with Gasteiger partial charge < -0.3 is 10.5 Å². The van der Waals surface area contributed by atoms with E-state index in [4.69, 9.17) is 5.41 Å². The molecule has 7 heteroatoms. The molecule has 0 saturated heterocycles. The summed E-state index contributed by atoms with van der Waals surface area (Å²) < 4.78 is 28.7. The fourth-order valence-corrected chi connectivity index (χ4v) is 6.46. The van der Waals surface area contributed by atoms with Gasteiger partial charge >= 0.3 is 5.97 Å². The van der Waals surface area contributed by atoms with Gasteiger partial charge in [-0.15, -0.1) is 0 Å².